The maximum absolute atomic E-state index is 11.1. The van der Waals surface area contributed by atoms with E-state index in [2.05, 4.69) is 15.5 Å². The monoisotopic (exact) mass is 360 g/mol. The van der Waals surface area contributed by atoms with E-state index in [4.69, 9.17) is 16.1 Å². The molecule has 9 heteroatoms. The Morgan fingerprint density at radius 2 is 2.12 bits per heavy atom. The third-order valence-corrected chi connectivity index (χ3v) is 3.66. The minimum Gasteiger partial charge on any atom is -0.392 e. The second kappa shape index (κ2) is 7.29. The zero-order chi connectivity index (χ0) is 17.8. The molecule has 1 aromatic heterocycles. The van der Waals surface area contributed by atoms with Gasteiger partial charge in [-0.05, 0) is 29.8 Å². The molecule has 128 valence electrons. The van der Waals surface area contributed by atoms with Gasteiger partial charge in [0.05, 0.1) is 18.1 Å². The Bertz CT molecular complexity index is 913. The van der Waals surface area contributed by atoms with E-state index in [0.717, 1.165) is 0 Å². The van der Waals surface area contributed by atoms with Gasteiger partial charge in [-0.3, -0.25) is 10.1 Å². The highest BCUT2D eigenvalue weighted by molar-refractivity contribution is 6.30. The molecule has 0 saturated heterocycles. The number of nitro groups is 1. The van der Waals surface area contributed by atoms with Crippen molar-refractivity contribution < 1.29 is 14.6 Å². The molecule has 0 radical (unpaired) electrons. The van der Waals surface area contributed by atoms with Crippen LogP contribution in [0.2, 0.25) is 5.02 Å². The SMILES string of the molecule is O=[N+]([O-])c1ccc(CO)cc1NCc1nc(-c2cccc(Cl)c2)no1. The van der Waals surface area contributed by atoms with Crippen LogP contribution >= 0.6 is 11.6 Å². The molecule has 3 rings (SSSR count). The van der Waals surface area contributed by atoms with Gasteiger partial charge in [-0.15, -0.1) is 0 Å². The normalized spacial score (nSPS) is 10.6. The molecule has 0 saturated carbocycles. The molecule has 1 heterocycles. The molecule has 0 aliphatic rings. The first kappa shape index (κ1) is 16.9. The summed E-state index contributed by atoms with van der Waals surface area (Å²) < 4.78 is 5.15. The zero-order valence-electron chi connectivity index (χ0n) is 12.8. The number of aliphatic hydroxyl groups excluding tert-OH is 1. The summed E-state index contributed by atoms with van der Waals surface area (Å²) in [6.45, 7) is -0.116. The lowest BCUT2D eigenvalue weighted by molar-refractivity contribution is -0.384. The molecule has 2 N–H and O–H groups in total. The first-order chi connectivity index (χ1) is 12.1. The van der Waals surface area contributed by atoms with Gasteiger partial charge < -0.3 is 14.9 Å². The van der Waals surface area contributed by atoms with Gasteiger partial charge in [-0.2, -0.15) is 4.98 Å². The number of hydrogen-bond donors (Lipinski definition) is 2. The molecule has 0 unspecified atom stereocenters. The van der Waals surface area contributed by atoms with Gasteiger partial charge in [0.25, 0.3) is 5.69 Å². The quantitative estimate of drug-likeness (QED) is 0.511. The highest BCUT2D eigenvalue weighted by atomic mass is 35.5. The van der Waals surface area contributed by atoms with Crippen LogP contribution in [0, 0.1) is 10.1 Å². The lowest BCUT2D eigenvalue weighted by atomic mass is 10.2. The summed E-state index contributed by atoms with van der Waals surface area (Å²) in [6.07, 6.45) is 0. The minimum absolute atomic E-state index is 0.100. The fourth-order valence-electron chi connectivity index (χ4n) is 2.22. The molecular weight excluding hydrogens is 348 g/mol. The van der Waals surface area contributed by atoms with Crippen molar-refractivity contribution in [2.45, 2.75) is 13.2 Å². The summed E-state index contributed by atoms with van der Waals surface area (Å²) in [5, 5.41) is 27.6. The predicted octanol–water partition coefficient (Wildman–Crippen LogP) is 3.40. The van der Waals surface area contributed by atoms with Crippen LogP contribution < -0.4 is 5.32 Å². The van der Waals surface area contributed by atoms with E-state index in [1.807, 2.05) is 0 Å². The molecule has 0 bridgehead atoms. The first-order valence-electron chi connectivity index (χ1n) is 7.27. The Morgan fingerprint density at radius 1 is 1.28 bits per heavy atom. The van der Waals surface area contributed by atoms with E-state index in [0.29, 0.717) is 22.0 Å². The Labute approximate surface area is 147 Å². The number of halogens is 1. The van der Waals surface area contributed by atoms with Gasteiger partial charge in [0.15, 0.2) is 0 Å². The molecule has 2 aromatic carbocycles. The van der Waals surface area contributed by atoms with Gasteiger partial charge in [0.2, 0.25) is 11.7 Å². The van der Waals surface area contributed by atoms with Crippen LogP contribution in [-0.2, 0) is 13.2 Å². The summed E-state index contributed by atoms with van der Waals surface area (Å²) in [5.74, 6) is 0.636. The number of benzene rings is 2. The highest BCUT2D eigenvalue weighted by Gasteiger charge is 2.15. The van der Waals surface area contributed by atoms with Crippen LogP contribution in [0.4, 0.5) is 11.4 Å². The van der Waals surface area contributed by atoms with E-state index in [1.54, 1.807) is 24.3 Å². The lowest BCUT2D eigenvalue weighted by Crippen LogP contribution is -2.04. The Morgan fingerprint density at radius 3 is 2.84 bits per heavy atom. The third kappa shape index (κ3) is 3.93. The minimum atomic E-state index is -0.505. The number of nitrogens with one attached hydrogen (secondary N) is 1. The molecule has 0 aliphatic heterocycles. The molecule has 0 atom stereocenters. The van der Waals surface area contributed by atoms with Crippen LogP contribution in [0.15, 0.2) is 47.0 Å². The number of hydrogen-bond acceptors (Lipinski definition) is 7. The summed E-state index contributed by atoms with van der Waals surface area (Å²) in [5.41, 5.74) is 1.42. The molecule has 25 heavy (non-hydrogen) atoms. The van der Waals surface area contributed by atoms with Crippen molar-refractivity contribution in [3.63, 3.8) is 0 Å². The molecule has 3 aromatic rings. The number of anilines is 1. The van der Waals surface area contributed by atoms with Crippen LogP contribution in [0.3, 0.4) is 0 Å². The molecule has 8 nitrogen and oxygen atoms in total. The predicted molar refractivity (Wildman–Crippen MR) is 91.1 cm³/mol. The van der Waals surface area contributed by atoms with Gasteiger partial charge in [0, 0.05) is 16.7 Å². The average molecular weight is 361 g/mol. The van der Waals surface area contributed by atoms with Gasteiger partial charge in [-0.25, -0.2) is 0 Å². The summed E-state index contributed by atoms with van der Waals surface area (Å²) in [6, 6.07) is 11.3. The number of nitrogens with zero attached hydrogens (tertiary/aromatic N) is 3. The number of aromatic nitrogens is 2. The van der Waals surface area contributed by atoms with Crippen molar-refractivity contribution in [3.05, 3.63) is 69.1 Å². The maximum Gasteiger partial charge on any atom is 0.292 e. The average Bonchev–Trinajstić information content (AvgIpc) is 3.08. The number of nitro benzene ring substituents is 1. The van der Waals surface area contributed by atoms with E-state index < -0.39 is 4.92 Å². The van der Waals surface area contributed by atoms with Crippen LogP contribution in [0.5, 0.6) is 0 Å². The molecule has 0 spiro atoms. The third-order valence-electron chi connectivity index (χ3n) is 3.42. The molecule has 0 amide bonds. The number of aliphatic hydroxyl groups is 1. The Hall–Kier alpha value is -2.97. The smallest absolute Gasteiger partial charge is 0.292 e. The van der Waals surface area contributed by atoms with Crippen molar-refractivity contribution >= 4 is 23.0 Å². The Balaban J connectivity index is 1.77. The summed E-state index contributed by atoms with van der Waals surface area (Å²) in [7, 11) is 0. The van der Waals surface area contributed by atoms with Crippen molar-refractivity contribution in [1.29, 1.82) is 0 Å². The zero-order valence-corrected chi connectivity index (χ0v) is 13.6. The van der Waals surface area contributed by atoms with Crippen LogP contribution in [0.1, 0.15) is 11.5 Å². The lowest BCUT2D eigenvalue weighted by Gasteiger charge is -2.06. The summed E-state index contributed by atoms with van der Waals surface area (Å²) >= 11 is 5.94. The van der Waals surface area contributed by atoms with Gasteiger partial charge in [-0.1, -0.05) is 28.9 Å². The fourth-order valence-corrected chi connectivity index (χ4v) is 2.41. The maximum atomic E-state index is 11.1. The Kier molecular flexibility index (Phi) is 4.92. The van der Waals surface area contributed by atoms with E-state index in [-0.39, 0.29) is 30.4 Å². The highest BCUT2D eigenvalue weighted by Crippen LogP contribution is 2.26. The summed E-state index contributed by atoms with van der Waals surface area (Å²) in [4.78, 5) is 14.8. The van der Waals surface area contributed by atoms with Crippen molar-refractivity contribution in [1.82, 2.24) is 10.1 Å². The topological polar surface area (TPSA) is 114 Å². The number of rotatable bonds is 6. The van der Waals surface area contributed by atoms with Gasteiger partial charge >= 0.3 is 0 Å². The van der Waals surface area contributed by atoms with E-state index in [1.165, 1.54) is 18.2 Å². The largest absolute Gasteiger partial charge is 0.392 e. The molecule has 0 fully saturated rings. The fraction of sp³-hybridized carbons (Fsp3) is 0.125. The standard InChI is InChI=1S/C16H13ClN4O4/c17-12-3-1-2-11(7-12)16-19-15(25-20-16)8-18-13-6-10(9-22)4-5-14(13)21(23)24/h1-7,18,22H,8-9H2. The first-order valence-corrected chi connectivity index (χ1v) is 7.65. The van der Waals surface area contributed by atoms with Crippen molar-refractivity contribution in [3.8, 4) is 11.4 Å². The van der Waals surface area contributed by atoms with E-state index >= 15 is 0 Å². The second-order valence-corrected chi connectivity index (χ2v) is 5.58. The van der Waals surface area contributed by atoms with Crippen molar-refractivity contribution in [2.24, 2.45) is 0 Å². The van der Waals surface area contributed by atoms with Gasteiger partial charge in [0.1, 0.15) is 5.69 Å². The van der Waals surface area contributed by atoms with Crippen LogP contribution in [-0.4, -0.2) is 20.2 Å². The molecular formula is C16H13ClN4O4. The molecule has 0 aliphatic carbocycles. The van der Waals surface area contributed by atoms with Crippen molar-refractivity contribution in [2.75, 3.05) is 5.32 Å². The van der Waals surface area contributed by atoms with Crippen LogP contribution in [0.25, 0.3) is 11.4 Å². The van der Waals surface area contributed by atoms with E-state index in [9.17, 15) is 15.2 Å². The second-order valence-electron chi connectivity index (χ2n) is 5.14.